The minimum atomic E-state index is -0.737. The van der Waals surface area contributed by atoms with Crippen LogP contribution in [0, 0.1) is 0 Å². The normalized spacial score (nSPS) is 12.7. The second-order valence-corrected chi connectivity index (χ2v) is 6.05. The molecule has 2 nitrogen and oxygen atoms in total. The van der Waals surface area contributed by atoms with Gasteiger partial charge >= 0.3 is 5.97 Å². The van der Waals surface area contributed by atoms with E-state index in [0.29, 0.717) is 0 Å². The molecule has 0 amide bonds. The monoisotopic (exact) mass is 334 g/mol. The molecule has 0 bridgehead atoms. The lowest BCUT2D eigenvalue weighted by atomic mass is 10.2. The Labute approximate surface area is 145 Å². The van der Waals surface area contributed by atoms with Crippen molar-refractivity contribution in [2.24, 2.45) is 0 Å². The van der Waals surface area contributed by atoms with E-state index in [0.717, 1.165) is 44.3 Å². The van der Waals surface area contributed by atoms with Crippen LogP contribution in [-0.4, -0.2) is 22.6 Å². The molecule has 0 atom stereocenters. The van der Waals surface area contributed by atoms with E-state index in [1.54, 1.807) is 0 Å². The van der Waals surface area contributed by atoms with Crippen molar-refractivity contribution < 1.29 is 9.90 Å². The highest BCUT2D eigenvalue weighted by atomic mass is 32.2. The summed E-state index contributed by atoms with van der Waals surface area (Å²) in [6.07, 6.45) is 27.8. The molecular formula is C20H30O2S. The Bertz CT molecular complexity index is 417. The minimum Gasteiger partial charge on any atom is -0.481 e. The van der Waals surface area contributed by atoms with Crippen molar-refractivity contribution in [3.05, 3.63) is 60.8 Å². The highest BCUT2D eigenvalue weighted by molar-refractivity contribution is 7.99. The average molecular weight is 335 g/mol. The first-order valence-electron chi connectivity index (χ1n) is 8.31. The predicted molar refractivity (Wildman–Crippen MR) is 104 cm³/mol. The van der Waals surface area contributed by atoms with Crippen LogP contribution < -0.4 is 0 Å². The largest absolute Gasteiger partial charge is 0.481 e. The van der Waals surface area contributed by atoms with Crippen molar-refractivity contribution in [3.8, 4) is 0 Å². The van der Waals surface area contributed by atoms with E-state index in [-0.39, 0.29) is 5.75 Å². The van der Waals surface area contributed by atoms with Gasteiger partial charge in [-0.1, -0.05) is 67.7 Å². The van der Waals surface area contributed by atoms with E-state index in [2.05, 4.69) is 67.7 Å². The van der Waals surface area contributed by atoms with Gasteiger partial charge in [0.25, 0.3) is 0 Å². The Kier molecular flexibility index (Phi) is 17.4. The molecule has 0 aromatic heterocycles. The van der Waals surface area contributed by atoms with E-state index < -0.39 is 5.97 Å². The molecule has 3 heteroatoms. The Morgan fingerprint density at radius 2 is 1.22 bits per heavy atom. The highest BCUT2D eigenvalue weighted by Gasteiger charge is 1.94. The quantitative estimate of drug-likeness (QED) is 0.315. The number of hydrogen-bond donors (Lipinski definition) is 1. The number of carboxylic acids is 1. The van der Waals surface area contributed by atoms with Crippen LogP contribution in [0.25, 0.3) is 0 Å². The standard InChI is InChI=1S/C20H30O2S/c1-2-3-4-5-6-7-8-9-10-11-12-13-14-15-16-17-18-23-19-20(21)22/h3-4,6-7,9-10,12-13,15-16H,2,5,8,11,14,17-19H2,1H3,(H,21,22)/b4-3+,7-6+,10-9+,13-12+,16-15+. The van der Waals surface area contributed by atoms with Gasteiger partial charge in [-0.15, -0.1) is 11.8 Å². The molecule has 0 fully saturated rings. The van der Waals surface area contributed by atoms with Gasteiger partial charge in [0.05, 0.1) is 5.75 Å². The SMILES string of the molecule is CC/C=C/C/C=C/C/C=C/C/C=C/C/C=C/CCSCC(=O)O. The van der Waals surface area contributed by atoms with E-state index in [4.69, 9.17) is 5.11 Å². The first-order valence-corrected chi connectivity index (χ1v) is 9.47. The van der Waals surface area contributed by atoms with E-state index in [1.807, 2.05) is 0 Å². The zero-order valence-electron chi connectivity index (χ0n) is 14.2. The molecule has 0 aromatic carbocycles. The number of hydrogen-bond acceptors (Lipinski definition) is 2. The second kappa shape index (κ2) is 18.6. The number of aliphatic carboxylic acids is 1. The molecule has 0 saturated heterocycles. The summed E-state index contributed by atoms with van der Waals surface area (Å²) >= 11 is 1.46. The molecule has 0 aromatic rings. The number of carbonyl (C=O) groups is 1. The Hall–Kier alpha value is -1.48. The third kappa shape index (κ3) is 20.5. The molecule has 0 aliphatic heterocycles. The van der Waals surface area contributed by atoms with Gasteiger partial charge in [-0.25, -0.2) is 0 Å². The highest BCUT2D eigenvalue weighted by Crippen LogP contribution is 2.03. The molecule has 0 aliphatic carbocycles. The van der Waals surface area contributed by atoms with Crippen LogP contribution in [0.3, 0.4) is 0 Å². The Balaban J connectivity index is 3.44. The zero-order chi connectivity index (χ0) is 17.0. The summed E-state index contributed by atoms with van der Waals surface area (Å²) in [4.78, 5) is 10.3. The summed E-state index contributed by atoms with van der Waals surface area (Å²) in [6, 6.07) is 0. The van der Waals surface area contributed by atoms with Gasteiger partial charge in [-0.05, 0) is 44.3 Å². The lowest BCUT2D eigenvalue weighted by molar-refractivity contribution is -0.133. The molecule has 0 unspecified atom stereocenters. The molecule has 128 valence electrons. The maximum atomic E-state index is 10.3. The van der Waals surface area contributed by atoms with Crippen LogP contribution in [-0.2, 0) is 4.79 Å². The average Bonchev–Trinajstić information content (AvgIpc) is 2.53. The third-order valence-electron chi connectivity index (χ3n) is 2.81. The predicted octanol–water partition coefficient (Wildman–Crippen LogP) is 5.95. The van der Waals surface area contributed by atoms with Gasteiger partial charge in [0.15, 0.2) is 0 Å². The summed E-state index contributed by atoms with van der Waals surface area (Å²) in [6.45, 7) is 2.15. The minimum absolute atomic E-state index is 0.199. The Morgan fingerprint density at radius 1 is 0.783 bits per heavy atom. The maximum absolute atomic E-state index is 10.3. The van der Waals surface area contributed by atoms with Crippen molar-refractivity contribution in [2.45, 2.75) is 45.4 Å². The number of allylic oxidation sites excluding steroid dienone is 10. The van der Waals surface area contributed by atoms with E-state index in [9.17, 15) is 4.79 Å². The van der Waals surface area contributed by atoms with Gasteiger partial charge in [0, 0.05) is 0 Å². The van der Waals surface area contributed by atoms with Crippen LogP contribution in [0.1, 0.15) is 45.4 Å². The first-order chi connectivity index (χ1) is 11.3. The lowest BCUT2D eigenvalue weighted by Crippen LogP contribution is -1.98. The van der Waals surface area contributed by atoms with E-state index in [1.165, 1.54) is 11.8 Å². The van der Waals surface area contributed by atoms with Gasteiger partial charge in [-0.2, -0.15) is 0 Å². The second-order valence-electron chi connectivity index (χ2n) is 4.94. The molecular weight excluding hydrogens is 304 g/mol. The lowest BCUT2D eigenvalue weighted by Gasteiger charge is -1.92. The summed E-state index contributed by atoms with van der Waals surface area (Å²) in [7, 11) is 0. The van der Waals surface area contributed by atoms with Gasteiger partial charge in [0.1, 0.15) is 0 Å². The van der Waals surface area contributed by atoms with Crippen LogP contribution in [0.15, 0.2) is 60.8 Å². The van der Waals surface area contributed by atoms with Crippen molar-refractivity contribution >= 4 is 17.7 Å². The number of carboxylic acid groups (broad SMARTS) is 1. The van der Waals surface area contributed by atoms with E-state index >= 15 is 0 Å². The zero-order valence-corrected chi connectivity index (χ0v) is 15.0. The summed E-state index contributed by atoms with van der Waals surface area (Å²) in [5.74, 6) is 0.334. The van der Waals surface area contributed by atoms with Crippen LogP contribution in [0.4, 0.5) is 0 Å². The first kappa shape index (κ1) is 21.5. The van der Waals surface area contributed by atoms with Crippen molar-refractivity contribution in [2.75, 3.05) is 11.5 Å². The maximum Gasteiger partial charge on any atom is 0.313 e. The molecule has 0 saturated carbocycles. The molecule has 0 aliphatic rings. The van der Waals surface area contributed by atoms with Crippen LogP contribution in [0.2, 0.25) is 0 Å². The van der Waals surface area contributed by atoms with Gasteiger partial charge in [-0.3, -0.25) is 4.79 Å². The summed E-state index contributed by atoms with van der Waals surface area (Å²) < 4.78 is 0. The van der Waals surface area contributed by atoms with Crippen molar-refractivity contribution in [3.63, 3.8) is 0 Å². The third-order valence-corrected chi connectivity index (χ3v) is 3.79. The molecule has 23 heavy (non-hydrogen) atoms. The van der Waals surface area contributed by atoms with Gasteiger partial charge in [0.2, 0.25) is 0 Å². The molecule has 0 spiro atoms. The summed E-state index contributed by atoms with van der Waals surface area (Å²) in [5, 5.41) is 8.49. The van der Waals surface area contributed by atoms with Crippen LogP contribution in [0.5, 0.6) is 0 Å². The molecule has 0 radical (unpaired) electrons. The molecule has 0 heterocycles. The van der Waals surface area contributed by atoms with Crippen LogP contribution >= 0.6 is 11.8 Å². The molecule has 1 N–H and O–H groups in total. The summed E-state index contributed by atoms with van der Waals surface area (Å²) in [5.41, 5.74) is 0. The smallest absolute Gasteiger partial charge is 0.313 e. The Morgan fingerprint density at radius 3 is 1.65 bits per heavy atom. The fourth-order valence-electron chi connectivity index (χ4n) is 1.68. The number of thioether (sulfide) groups is 1. The van der Waals surface area contributed by atoms with Gasteiger partial charge < -0.3 is 5.11 Å². The molecule has 0 rings (SSSR count). The van der Waals surface area contributed by atoms with Crippen molar-refractivity contribution in [1.29, 1.82) is 0 Å². The number of rotatable bonds is 14. The topological polar surface area (TPSA) is 37.3 Å². The fourth-order valence-corrected chi connectivity index (χ4v) is 2.30. The fraction of sp³-hybridized carbons (Fsp3) is 0.450. The van der Waals surface area contributed by atoms with Crippen molar-refractivity contribution in [1.82, 2.24) is 0 Å².